The maximum absolute atomic E-state index is 11.6. The van der Waals surface area contributed by atoms with E-state index >= 15 is 0 Å². The Kier molecular flexibility index (Phi) is 3.32. The lowest BCUT2D eigenvalue weighted by atomic mass is 9.97. The van der Waals surface area contributed by atoms with Crippen LogP contribution in [0.25, 0.3) is 0 Å². The van der Waals surface area contributed by atoms with E-state index in [1.54, 1.807) is 0 Å². The first-order valence-electron chi connectivity index (χ1n) is 5.17. The van der Waals surface area contributed by atoms with E-state index in [1.165, 1.54) is 6.08 Å². The van der Waals surface area contributed by atoms with Gasteiger partial charge in [-0.1, -0.05) is 6.58 Å². The Balaban J connectivity index is 2.84. The number of hydrogen-bond acceptors (Lipinski definition) is 2. The molecule has 1 atom stereocenters. The van der Waals surface area contributed by atoms with Crippen LogP contribution >= 0.6 is 0 Å². The molecule has 1 aliphatic heterocycles. The third kappa shape index (κ3) is 2.35. The number of likely N-dealkylation sites (tertiary alicyclic amines) is 1. The van der Waals surface area contributed by atoms with Crippen molar-refractivity contribution in [1.82, 2.24) is 4.90 Å². The number of carbonyl (C=O) groups excluding carboxylic acids is 1. The van der Waals surface area contributed by atoms with Crippen molar-refractivity contribution in [3.05, 3.63) is 12.7 Å². The molecule has 14 heavy (non-hydrogen) atoms. The lowest BCUT2D eigenvalue weighted by Gasteiger charge is -2.37. The Morgan fingerprint density at radius 3 is 2.86 bits per heavy atom. The topological polar surface area (TPSA) is 46.3 Å². The van der Waals surface area contributed by atoms with Gasteiger partial charge in [-0.3, -0.25) is 4.79 Å². The molecular weight excluding hydrogens is 176 g/mol. The van der Waals surface area contributed by atoms with E-state index in [-0.39, 0.29) is 17.5 Å². The lowest BCUT2D eigenvalue weighted by Crippen LogP contribution is -2.49. The average Bonchev–Trinajstić information content (AvgIpc) is 2.24. The van der Waals surface area contributed by atoms with E-state index in [0.717, 1.165) is 19.3 Å². The highest BCUT2D eigenvalue weighted by Gasteiger charge is 2.32. The van der Waals surface area contributed by atoms with E-state index in [0.29, 0.717) is 6.54 Å². The second kappa shape index (κ2) is 4.13. The molecule has 3 nitrogen and oxygen atoms in total. The monoisotopic (exact) mass is 196 g/mol. The van der Waals surface area contributed by atoms with Crippen molar-refractivity contribution >= 4 is 5.91 Å². The van der Waals surface area contributed by atoms with E-state index in [4.69, 9.17) is 5.73 Å². The minimum Gasteiger partial charge on any atom is -0.333 e. The zero-order chi connectivity index (χ0) is 10.8. The SMILES string of the molecule is C=CC(=O)N1C[C@@H](N)CCCC1(C)C. The molecule has 0 spiro atoms. The van der Waals surface area contributed by atoms with Crippen LogP contribution in [0, 0.1) is 0 Å². The van der Waals surface area contributed by atoms with Crippen LogP contribution in [0.4, 0.5) is 0 Å². The second-order valence-corrected chi connectivity index (χ2v) is 4.62. The van der Waals surface area contributed by atoms with E-state index in [2.05, 4.69) is 20.4 Å². The van der Waals surface area contributed by atoms with E-state index in [9.17, 15) is 4.79 Å². The van der Waals surface area contributed by atoms with Gasteiger partial charge < -0.3 is 10.6 Å². The van der Waals surface area contributed by atoms with Crippen LogP contribution in [-0.4, -0.2) is 28.9 Å². The van der Waals surface area contributed by atoms with Crippen LogP contribution in [0.3, 0.4) is 0 Å². The maximum Gasteiger partial charge on any atom is 0.246 e. The Morgan fingerprint density at radius 1 is 1.64 bits per heavy atom. The first-order chi connectivity index (χ1) is 6.47. The quantitative estimate of drug-likeness (QED) is 0.642. The fraction of sp³-hybridized carbons (Fsp3) is 0.727. The van der Waals surface area contributed by atoms with Gasteiger partial charge in [0.05, 0.1) is 0 Å². The van der Waals surface area contributed by atoms with Crippen LogP contribution in [0.1, 0.15) is 33.1 Å². The smallest absolute Gasteiger partial charge is 0.246 e. The van der Waals surface area contributed by atoms with Crippen LogP contribution < -0.4 is 5.73 Å². The summed E-state index contributed by atoms with van der Waals surface area (Å²) < 4.78 is 0. The van der Waals surface area contributed by atoms with Gasteiger partial charge in [0, 0.05) is 18.1 Å². The Labute approximate surface area is 86.0 Å². The van der Waals surface area contributed by atoms with Gasteiger partial charge in [-0.25, -0.2) is 0 Å². The first kappa shape index (κ1) is 11.2. The standard InChI is InChI=1S/C11H20N2O/c1-4-10(14)13-8-9(12)6-5-7-11(13,2)3/h4,9H,1,5-8,12H2,2-3H3/t9-/m0/s1. The molecule has 1 aliphatic rings. The van der Waals surface area contributed by atoms with Gasteiger partial charge in [0.1, 0.15) is 0 Å². The van der Waals surface area contributed by atoms with Gasteiger partial charge in [0.2, 0.25) is 5.91 Å². The molecule has 0 aromatic carbocycles. The number of nitrogens with zero attached hydrogens (tertiary/aromatic N) is 1. The highest BCUT2D eigenvalue weighted by atomic mass is 16.2. The number of nitrogens with two attached hydrogens (primary N) is 1. The fourth-order valence-electron chi connectivity index (χ4n) is 2.00. The average molecular weight is 196 g/mol. The number of carbonyl (C=O) groups is 1. The number of amides is 1. The van der Waals surface area contributed by atoms with Gasteiger partial charge in [-0.2, -0.15) is 0 Å². The highest BCUT2D eigenvalue weighted by molar-refractivity contribution is 5.87. The van der Waals surface area contributed by atoms with Gasteiger partial charge in [-0.15, -0.1) is 0 Å². The Morgan fingerprint density at radius 2 is 2.29 bits per heavy atom. The molecule has 0 aliphatic carbocycles. The molecule has 0 radical (unpaired) electrons. The summed E-state index contributed by atoms with van der Waals surface area (Å²) in [5, 5.41) is 0. The summed E-state index contributed by atoms with van der Waals surface area (Å²) in [6, 6.07) is 0.112. The molecule has 0 unspecified atom stereocenters. The van der Waals surface area contributed by atoms with Crippen LogP contribution in [0.15, 0.2) is 12.7 Å². The van der Waals surface area contributed by atoms with Gasteiger partial charge in [0.25, 0.3) is 0 Å². The molecule has 0 aromatic heterocycles. The van der Waals surface area contributed by atoms with Crippen molar-refractivity contribution in [2.45, 2.75) is 44.7 Å². The predicted molar refractivity (Wildman–Crippen MR) is 57.8 cm³/mol. The lowest BCUT2D eigenvalue weighted by molar-refractivity contribution is -0.131. The second-order valence-electron chi connectivity index (χ2n) is 4.62. The minimum atomic E-state index is -0.0839. The first-order valence-corrected chi connectivity index (χ1v) is 5.17. The molecule has 80 valence electrons. The van der Waals surface area contributed by atoms with Crippen LogP contribution in [-0.2, 0) is 4.79 Å². The van der Waals surface area contributed by atoms with Crippen molar-refractivity contribution in [2.24, 2.45) is 5.73 Å². The zero-order valence-electron chi connectivity index (χ0n) is 9.12. The van der Waals surface area contributed by atoms with E-state index in [1.807, 2.05) is 4.90 Å². The summed E-state index contributed by atoms with van der Waals surface area (Å²) in [7, 11) is 0. The third-order valence-electron chi connectivity index (χ3n) is 2.95. The normalized spacial score (nSPS) is 26.8. The van der Waals surface area contributed by atoms with Crippen LogP contribution in [0.2, 0.25) is 0 Å². The molecule has 1 amide bonds. The molecular formula is C11H20N2O. The molecule has 3 heteroatoms. The minimum absolute atomic E-state index is 0.00708. The third-order valence-corrected chi connectivity index (χ3v) is 2.95. The van der Waals surface area contributed by atoms with Crippen molar-refractivity contribution in [2.75, 3.05) is 6.54 Å². The summed E-state index contributed by atoms with van der Waals surface area (Å²) in [6.45, 7) is 8.36. The molecule has 1 fully saturated rings. The fourth-order valence-corrected chi connectivity index (χ4v) is 2.00. The summed E-state index contributed by atoms with van der Waals surface area (Å²) >= 11 is 0. The van der Waals surface area contributed by atoms with Crippen molar-refractivity contribution in [3.63, 3.8) is 0 Å². The molecule has 1 rings (SSSR count). The molecule has 1 heterocycles. The molecule has 2 N–H and O–H groups in total. The Hall–Kier alpha value is -0.830. The van der Waals surface area contributed by atoms with Crippen molar-refractivity contribution < 1.29 is 4.79 Å². The highest BCUT2D eigenvalue weighted by Crippen LogP contribution is 2.26. The van der Waals surface area contributed by atoms with Gasteiger partial charge >= 0.3 is 0 Å². The summed E-state index contributed by atoms with van der Waals surface area (Å²) in [4.78, 5) is 13.5. The number of hydrogen-bond donors (Lipinski definition) is 1. The molecule has 1 saturated heterocycles. The molecule has 0 saturated carbocycles. The summed E-state index contributed by atoms with van der Waals surface area (Å²) in [5.41, 5.74) is 5.83. The van der Waals surface area contributed by atoms with Crippen molar-refractivity contribution in [3.8, 4) is 0 Å². The molecule has 0 aromatic rings. The van der Waals surface area contributed by atoms with Crippen molar-refractivity contribution in [1.29, 1.82) is 0 Å². The van der Waals surface area contributed by atoms with E-state index < -0.39 is 0 Å². The molecule has 0 bridgehead atoms. The summed E-state index contributed by atoms with van der Waals surface area (Å²) in [5.74, 6) is -0.00708. The summed E-state index contributed by atoms with van der Waals surface area (Å²) in [6.07, 6.45) is 4.49. The number of rotatable bonds is 1. The Bertz CT molecular complexity index is 235. The van der Waals surface area contributed by atoms with Crippen LogP contribution in [0.5, 0.6) is 0 Å². The largest absolute Gasteiger partial charge is 0.333 e. The predicted octanol–water partition coefficient (Wildman–Crippen LogP) is 1.29. The zero-order valence-corrected chi connectivity index (χ0v) is 9.12. The maximum atomic E-state index is 11.6. The van der Waals surface area contributed by atoms with Gasteiger partial charge in [0.15, 0.2) is 0 Å². The van der Waals surface area contributed by atoms with Gasteiger partial charge in [-0.05, 0) is 39.2 Å².